The van der Waals surface area contributed by atoms with Crippen LogP contribution in [0.25, 0.3) is 0 Å². The second kappa shape index (κ2) is 9.89. The van der Waals surface area contributed by atoms with Crippen molar-refractivity contribution in [3.8, 4) is 5.75 Å². The Balaban J connectivity index is 0.00000280. The summed E-state index contributed by atoms with van der Waals surface area (Å²) < 4.78 is 38.4. The summed E-state index contributed by atoms with van der Waals surface area (Å²) in [4.78, 5) is 12.6. The molecular formula is C18H28ClN3O5S. The summed E-state index contributed by atoms with van der Waals surface area (Å²) in [6.07, 6.45) is 2.48. The van der Waals surface area contributed by atoms with Crippen LogP contribution in [-0.2, 0) is 19.6 Å². The SMILES string of the molecule is COc1ccc(NC(=O)[C@H]2NCCO[C@@H]2C)cc1S(=O)(=O)N1CCCCC1.Cl. The number of amides is 1. The minimum absolute atomic E-state index is 0. The van der Waals surface area contributed by atoms with Crippen LogP contribution in [0, 0.1) is 0 Å². The van der Waals surface area contributed by atoms with E-state index in [4.69, 9.17) is 9.47 Å². The van der Waals surface area contributed by atoms with Crippen molar-refractivity contribution in [1.29, 1.82) is 0 Å². The van der Waals surface area contributed by atoms with E-state index in [2.05, 4.69) is 10.6 Å². The maximum atomic E-state index is 13.1. The monoisotopic (exact) mass is 433 g/mol. The third-order valence-electron chi connectivity index (χ3n) is 4.96. The lowest BCUT2D eigenvalue weighted by Crippen LogP contribution is -2.53. The van der Waals surface area contributed by atoms with Crippen molar-refractivity contribution >= 4 is 34.0 Å². The van der Waals surface area contributed by atoms with Crippen LogP contribution in [-0.4, -0.2) is 64.1 Å². The molecule has 1 aromatic carbocycles. The topological polar surface area (TPSA) is 97.0 Å². The van der Waals surface area contributed by atoms with Crippen LogP contribution < -0.4 is 15.4 Å². The Morgan fingerprint density at radius 3 is 2.64 bits per heavy atom. The van der Waals surface area contributed by atoms with Crippen LogP contribution in [0.4, 0.5) is 5.69 Å². The number of piperidine rings is 1. The molecule has 0 bridgehead atoms. The van der Waals surface area contributed by atoms with E-state index in [1.54, 1.807) is 12.1 Å². The second-order valence-corrected chi connectivity index (χ2v) is 8.73. The molecule has 0 aliphatic carbocycles. The van der Waals surface area contributed by atoms with Gasteiger partial charge in [-0.3, -0.25) is 4.79 Å². The first kappa shape index (κ1) is 22.9. The molecule has 2 saturated heterocycles. The molecule has 2 aliphatic heterocycles. The van der Waals surface area contributed by atoms with Gasteiger partial charge in [0.15, 0.2) is 0 Å². The number of morpholine rings is 1. The zero-order valence-corrected chi connectivity index (χ0v) is 17.8. The quantitative estimate of drug-likeness (QED) is 0.732. The summed E-state index contributed by atoms with van der Waals surface area (Å²) in [7, 11) is -2.24. The molecule has 8 nitrogen and oxygen atoms in total. The van der Waals surface area contributed by atoms with Crippen molar-refractivity contribution < 1.29 is 22.7 Å². The van der Waals surface area contributed by atoms with E-state index >= 15 is 0 Å². The van der Waals surface area contributed by atoms with Crippen molar-refractivity contribution in [3.63, 3.8) is 0 Å². The predicted octanol–water partition coefficient (Wildman–Crippen LogP) is 1.61. The Hall–Kier alpha value is -1.39. The van der Waals surface area contributed by atoms with Gasteiger partial charge in [-0.05, 0) is 38.0 Å². The predicted molar refractivity (Wildman–Crippen MR) is 109 cm³/mol. The number of rotatable bonds is 5. The minimum Gasteiger partial charge on any atom is -0.495 e. The van der Waals surface area contributed by atoms with Crippen LogP contribution in [0.3, 0.4) is 0 Å². The summed E-state index contributed by atoms with van der Waals surface area (Å²) >= 11 is 0. The van der Waals surface area contributed by atoms with Crippen molar-refractivity contribution in [3.05, 3.63) is 18.2 Å². The Labute approximate surface area is 172 Å². The first-order valence-electron chi connectivity index (χ1n) is 9.27. The van der Waals surface area contributed by atoms with Gasteiger partial charge in [0.25, 0.3) is 0 Å². The van der Waals surface area contributed by atoms with E-state index in [1.807, 2.05) is 6.92 Å². The highest BCUT2D eigenvalue weighted by Gasteiger charge is 2.31. The molecule has 2 atom stereocenters. The number of methoxy groups -OCH3 is 1. The number of benzene rings is 1. The molecule has 2 fully saturated rings. The fourth-order valence-corrected chi connectivity index (χ4v) is 5.15. The third kappa shape index (κ3) is 4.96. The molecule has 0 spiro atoms. The van der Waals surface area contributed by atoms with E-state index < -0.39 is 16.1 Å². The zero-order chi connectivity index (χ0) is 19.4. The second-order valence-electron chi connectivity index (χ2n) is 6.83. The standard InChI is InChI=1S/C18H27N3O5S.ClH/c1-13-17(19-8-11-26-13)18(22)20-14-6-7-15(25-2)16(12-14)27(23,24)21-9-4-3-5-10-21;/h6-7,12-13,17,19H,3-5,8-11H2,1-2H3,(H,20,22);1H/t13-,17+;/m1./s1. The Morgan fingerprint density at radius 1 is 1.29 bits per heavy atom. The Morgan fingerprint density at radius 2 is 2.00 bits per heavy atom. The number of sulfonamides is 1. The smallest absolute Gasteiger partial charge is 0.246 e. The van der Waals surface area contributed by atoms with Gasteiger partial charge in [0.1, 0.15) is 16.7 Å². The molecule has 28 heavy (non-hydrogen) atoms. The summed E-state index contributed by atoms with van der Waals surface area (Å²) in [5.74, 6) is 0.0137. The molecule has 2 aliphatic rings. The van der Waals surface area contributed by atoms with E-state index in [0.717, 1.165) is 19.3 Å². The summed E-state index contributed by atoms with van der Waals surface area (Å²) in [6.45, 7) is 3.99. The Bertz CT molecular complexity index is 783. The molecule has 10 heteroatoms. The number of hydrogen-bond donors (Lipinski definition) is 2. The molecular weight excluding hydrogens is 406 g/mol. The lowest BCUT2D eigenvalue weighted by Gasteiger charge is -2.29. The van der Waals surface area contributed by atoms with Gasteiger partial charge < -0.3 is 20.1 Å². The van der Waals surface area contributed by atoms with E-state index in [1.165, 1.54) is 17.5 Å². The Kier molecular flexibility index (Phi) is 8.08. The molecule has 0 saturated carbocycles. The number of anilines is 1. The van der Waals surface area contributed by atoms with Crippen LogP contribution in [0.2, 0.25) is 0 Å². The summed E-state index contributed by atoms with van der Waals surface area (Å²) in [5, 5.41) is 5.91. The molecule has 2 heterocycles. The summed E-state index contributed by atoms with van der Waals surface area (Å²) in [6, 6.07) is 4.19. The number of hydrogen-bond acceptors (Lipinski definition) is 6. The highest BCUT2D eigenvalue weighted by molar-refractivity contribution is 7.89. The van der Waals surface area contributed by atoms with E-state index in [9.17, 15) is 13.2 Å². The fraction of sp³-hybridized carbons (Fsp3) is 0.611. The average molecular weight is 434 g/mol. The number of nitrogens with one attached hydrogen (secondary N) is 2. The maximum Gasteiger partial charge on any atom is 0.246 e. The molecule has 3 rings (SSSR count). The van der Waals surface area contributed by atoms with Crippen molar-refractivity contribution in [1.82, 2.24) is 9.62 Å². The van der Waals surface area contributed by atoms with Gasteiger partial charge in [-0.25, -0.2) is 8.42 Å². The number of halogens is 1. The van der Waals surface area contributed by atoms with Gasteiger partial charge in [0, 0.05) is 25.3 Å². The van der Waals surface area contributed by atoms with Crippen LogP contribution in [0.5, 0.6) is 5.75 Å². The molecule has 1 aromatic rings. The highest BCUT2D eigenvalue weighted by atomic mass is 35.5. The van der Waals surface area contributed by atoms with Gasteiger partial charge in [-0.1, -0.05) is 6.42 Å². The first-order valence-corrected chi connectivity index (χ1v) is 10.7. The molecule has 0 aromatic heterocycles. The lowest BCUT2D eigenvalue weighted by molar-refractivity contribution is -0.123. The third-order valence-corrected chi connectivity index (χ3v) is 6.88. The van der Waals surface area contributed by atoms with Gasteiger partial charge in [-0.2, -0.15) is 4.31 Å². The summed E-state index contributed by atoms with van der Waals surface area (Å²) in [5.41, 5.74) is 0.413. The number of nitrogens with zero attached hydrogens (tertiary/aromatic N) is 1. The average Bonchev–Trinajstić information content (AvgIpc) is 2.69. The van der Waals surface area contributed by atoms with Crippen molar-refractivity contribution in [2.45, 2.75) is 43.2 Å². The normalized spacial score (nSPS) is 23.5. The van der Waals surface area contributed by atoms with Crippen LogP contribution in [0.15, 0.2) is 23.1 Å². The maximum absolute atomic E-state index is 13.1. The van der Waals surface area contributed by atoms with Crippen molar-refractivity contribution in [2.75, 3.05) is 38.7 Å². The molecule has 0 unspecified atom stereocenters. The fourth-order valence-electron chi connectivity index (χ4n) is 3.45. The molecule has 158 valence electrons. The van der Waals surface area contributed by atoms with E-state index in [-0.39, 0.29) is 35.1 Å². The molecule has 0 radical (unpaired) electrons. The highest BCUT2D eigenvalue weighted by Crippen LogP contribution is 2.31. The number of ether oxygens (including phenoxy) is 2. The van der Waals surface area contributed by atoms with Gasteiger partial charge in [-0.15, -0.1) is 12.4 Å². The molecule has 1 amide bonds. The van der Waals surface area contributed by atoms with Gasteiger partial charge in [0.05, 0.1) is 19.8 Å². The zero-order valence-electron chi connectivity index (χ0n) is 16.1. The van der Waals surface area contributed by atoms with E-state index in [0.29, 0.717) is 31.9 Å². The van der Waals surface area contributed by atoms with Gasteiger partial charge >= 0.3 is 0 Å². The lowest BCUT2D eigenvalue weighted by atomic mass is 10.1. The van der Waals surface area contributed by atoms with Crippen molar-refractivity contribution in [2.24, 2.45) is 0 Å². The van der Waals surface area contributed by atoms with Crippen LogP contribution in [0.1, 0.15) is 26.2 Å². The largest absolute Gasteiger partial charge is 0.495 e. The number of carbonyl (C=O) groups excluding carboxylic acids is 1. The minimum atomic E-state index is -3.68. The molecule has 2 N–H and O–H groups in total. The number of carbonyl (C=O) groups is 1. The van der Waals surface area contributed by atoms with Gasteiger partial charge in [0.2, 0.25) is 15.9 Å². The first-order chi connectivity index (χ1) is 12.9. The van der Waals surface area contributed by atoms with Crippen LogP contribution >= 0.6 is 12.4 Å².